The molecule has 1 aliphatic heterocycles. The molecular weight excluding hydrogens is 116 g/mol. The number of aliphatic hydroxyl groups excluding tert-OH is 1. The quantitative estimate of drug-likeness (QED) is 0.555. The molecule has 1 heterocycles. The summed E-state index contributed by atoms with van der Waals surface area (Å²) in [5.74, 6) is 0. The Morgan fingerprint density at radius 1 is 1.89 bits per heavy atom. The first-order valence-electron chi connectivity index (χ1n) is 2.96. The molecule has 0 spiro atoms. The van der Waals surface area contributed by atoms with Crippen LogP contribution in [0, 0.1) is 0 Å². The second kappa shape index (κ2) is 2.69. The van der Waals surface area contributed by atoms with Crippen molar-refractivity contribution in [3.63, 3.8) is 0 Å². The summed E-state index contributed by atoms with van der Waals surface area (Å²) in [4.78, 5) is 0. The molecule has 1 unspecified atom stereocenters. The zero-order valence-corrected chi connectivity index (χ0v) is 5.21. The lowest BCUT2D eigenvalue weighted by molar-refractivity contribution is 0.257. The van der Waals surface area contributed by atoms with Gasteiger partial charge in [-0.15, -0.1) is 6.58 Å². The van der Waals surface area contributed by atoms with Gasteiger partial charge in [-0.1, -0.05) is 6.08 Å². The van der Waals surface area contributed by atoms with E-state index in [0.717, 1.165) is 12.0 Å². The van der Waals surface area contributed by atoms with Gasteiger partial charge < -0.3 is 9.84 Å². The van der Waals surface area contributed by atoms with Crippen LogP contribution in [0.4, 0.5) is 0 Å². The Balaban J connectivity index is 2.50. The molecule has 0 aliphatic carbocycles. The smallest absolute Gasteiger partial charge is 0.0962 e. The van der Waals surface area contributed by atoms with Gasteiger partial charge in [0, 0.05) is 6.42 Å². The molecule has 0 saturated carbocycles. The SMILES string of the molecule is C=CC(O)C1=COCC1. The van der Waals surface area contributed by atoms with Crippen LogP contribution in [0.3, 0.4) is 0 Å². The van der Waals surface area contributed by atoms with Gasteiger partial charge in [-0.05, 0) is 5.57 Å². The van der Waals surface area contributed by atoms with Crippen molar-refractivity contribution in [3.8, 4) is 0 Å². The van der Waals surface area contributed by atoms with Gasteiger partial charge in [-0.2, -0.15) is 0 Å². The van der Waals surface area contributed by atoms with E-state index in [2.05, 4.69) is 6.58 Å². The maximum absolute atomic E-state index is 9.09. The fourth-order valence-electron chi connectivity index (χ4n) is 0.771. The second-order valence-electron chi connectivity index (χ2n) is 1.99. The first-order chi connectivity index (χ1) is 4.34. The van der Waals surface area contributed by atoms with Crippen LogP contribution in [0.5, 0.6) is 0 Å². The van der Waals surface area contributed by atoms with E-state index in [4.69, 9.17) is 9.84 Å². The fourth-order valence-corrected chi connectivity index (χ4v) is 0.771. The first kappa shape index (κ1) is 6.36. The van der Waals surface area contributed by atoms with Gasteiger partial charge in [-0.3, -0.25) is 0 Å². The molecule has 0 radical (unpaired) electrons. The number of aliphatic hydroxyl groups is 1. The van der Waals surface area contributed by atoms with E-state index >= 15 is 0 Å². The number of hydrogen-bond donors (Lipinski definition) is 1. The lowest BCUT2D eigenvalue weighted by Crippen LogP contribution is -2.03. The van der Waals surface area contributed by atoms with Crippen molar-refractivity contribution < 1.29 is 9.84 Å². The zero-order valence-electron chi connectivity index (χ0n) is 5.21. The van der Waals surface area contributed by atoms with E-state index in [0.29, 0.717) is 6.61 Å². The summed E-state index contributed by atoms with van der Waals surface area (Å²) in [7, 11) is 0. The van der Waals surface area contributed by atoms with Gasteiger partial charge >= 0.3 is 0 Å². The van der Waals surface area contributed by atoms with Gasteiger partial charge in [0.2, 0.25) is 0 Å². The van der Waals surface area contributed by atoms with Crippen LogP contribution >= 0.6 is 0 Å². The highest BCUT2D eigenvalue weighted by molar-refractivity contribution is 5.13. The van der Waals surface area contributed by atoms with E-state index in [9.17, 15) is 0 Å². The third-order valence-corrected chi connectivity index (χ3v) is 1.35. The third-order valence-electron chi connectivity index (χ3n) is 1.35. The summed E-state index contributed by atoms with van der Waals surface area (Å²) in [6.07, 6.45) is 3.42. The van der Waals surface area contributed by atoms with Crippen molar-refractivity contribution in [1.82, 2.24) is 0 Å². The Morgan fingerprint density at radius 2 is 2.67 bits per heavy atom. The van der Waals surface area contributed by atoms with Crippen molar-refractivity contribution >= 4 is 0 Å². The van der Waals surface area contributed by atoms with Crippen LogP contribution in [0.25, 0.3) is 0 Å². The lowest BCUT2D eigenvalue weighted by Gasteiger charge is -2.01. The van der Waals surface area contributed by atoms with E-state index in [1.165, 1.54) is 6.08 Å². The van der Waals surface area contributed by atoms with Gasteiger partial charge in [0.1, 0.15) is 0 Å². The predicted molar refractivity (Wildman–Crippen MR) is 34.9 cm³/mol. The summed E-state index contributed by atoms with van der Waals surface area (Å²) in [5.41, 5.74) is 0.921. The molecule has 9 heavy (non-hydrogen) atoms. The van der Waals surface area contributed by atoms with Crippen LogP contribution < -0.4 is 0 Å². The largest absolute Gasteiger partial charge is 0.501 e. The summed E-state index contributed by atoms with van der Waals surface area (Å²) in [5, 5.41) is 9.09. The Morgan fingerprint density at radius 3 is 3.11 bits per heavy atom. The van der Waals surface area contributed by atoms with Crippen molar-refractivity contribution in [1.29, 1.82) is 0 Å². The maximum Gasteiger partial charge on any atom is 0.0962 e. The normalized spacial score (nSPS) is 20.3. The minimum Gasteiger partial charge on any atom is -0.501 e. The van der Waals surface area contributed by atoms with E-state index in [1.54, 1.807) is 6.26 Å². The molecule has 2 heteroatoms. The molecule has 2 nitrogen and oxygen atoms in total. The highest BCUT2D eigenvalue weighted by Gasteiger charge is 2.10. The number of hydrogen-bond acceptors (Lipinski definition) is 2. The Kier molecular flexibility index (Phi) is 1.90. The lowest BCUT2D eigenvalue weighted by atomic mass is 10.1. The average molecular weight is 126 g/mol. The zero-order chi connectivity index (χ0) is 6.69. The second-order valence-corrected chi connectivity index (χ2v) is 1.99. The van der Waals surface area contributed by atoms with Crippen LogP contribution in [0.15, 0.2) is 24.5 Å². The van der Waals surface area contributed by atoms with Gasteiger partial charge in [0.25, 0.3) is 0 Å². The molecule has 0 saturated heterocycles. The van der Waals surface area contributed by atoms with E-state index in [-0.39, 0.29) is 0 Å². The van der Waals surface area contributed by atoms with Crippen molar-refractivity contribution in [3.05, 3.63) is 24.5 Å². The van der Waals surface area contributed by atoms with Gasteiger partial charge in [0.05, 0.1) is 19.0 Å². The highest BCUT2D eigenvalue weighted by atomic mass is 16.5. The molecule has 1 atom stereocenters. The molecule has 0 fully saturated rings. The average Bonchev–Trinajstić information content (AvgIpc) is 2.37. The minimum atomic E-state index is -0.507. The molecule has 50 valence electrons. The molecule has 0 aromatic heterocycles. The van der Waals surface area contributed by atoms with Crippen LogP contribution in [-0.2, 0) is 4.74 Å². The first-order valence-corrected chi connectivity index (χ1v) is 2.96. The molecular formula is C7H10O2. The summed E-state index contributed by atoms with van der Waals surface area (Å²) < 4.78 is 4.91. The molecule has 0 aromatic rings. The van der Waals surface area contributed by atoms with Crippen LogP contribution in [0.2, 0.25) is 0 Å². The molecule has 1 N–H and O–H groups in total. The summed E-state index contributed by atoms with van der Waals surface area (Å²) in [6.45, 7) is 4.15. The third kappa shape index (κ3) is 1.33. The van der Waals surface area contributed by atoms with Crippen LogP contribution in [0.1, 0.15) is 6.42 Å². The van der Waals surface area contributed by atoms with Gasteiger partial charge in [-0.25, -0.2) is 0 Å². The highest BCUT2D eigenvalue weighted by Crippen LogP contribution is 2.14. The monoisotopic (exact) mass is 126 g/mol. The van der Waals surface area contributed by atoms with Crippen LogP contribution in [-0.4, -0.2) is 17.8 Å². The Bertz CT molecular complexity index is 138. The number of rotatable bonds is 2. The van der Waals surface area contributed by atoms with E-state index in [1.807, 2.05) is 0 Å². The van der Waals surface area contributed by atoms with Crippen molar-refractivity contribution in [2.45, 2.75) is 12.5 Å². The van der Waals surface area contributed by atoms with E-state index < -0.39 is 6.10 Å². The standard InChI is InChI=1S/C7H10O2/c1-2-7(8)6-3-4-9-5-6/h2,5,7-8H,1,3-4H2. The predicted octanol–water partition coefficient (Wildman–Crippen LogP) is 0.837. The molecule has 0 amide bonds. The maximum atomic E-state index is 9.09. The molecule has 0 aromatic carbocycles. The Labute approximate surface area is 54.5 Å². The molecule has 1 aliphatic rings. The van der Waals surface area contributed by atoms with Crippen molar-refractivity contribution in [2.75, 3.05) is 6.61 Å². The summed E-state index contributed by atoms with van der Waals surface area (Å²) in [6, 6.07) is 0. The Hall–Kier alpha value is -0.760. The molecule has 1 rings (SSSR count). The molecule has 0 bridgehead atoms. The summed E-state index contributed by atoms with van der Waals surface area (Å²) >= 11 is 0. The topological polar surface area (TPSA) is 29.5 Å². The fraction of sp³-hybridized carbons (Fsp3) is 0.429. The van der Waals surface area contributed by atoms with Gasteiger partial charge in [0.15, 0.2) is 0 Å². The number of ether oxygens (including phenoxy) is 1. The van der Waals surface area contributed by atoms with Crippen molar-refractivity contribution in [2.24, 2.45) is 0 Å². The minimum absolute atomic E-state index is 0.507.